The Balaban J connectivity index is 1.65. The number of hydrogen-bond acceptors (Lipinski definition) is 3. The van der Waals surface area contributed by atoms with E-state index in [0.717, 1.165) is 10.0 Å². The molecule has 4 aromatic rings. The van der Waals surface area contributed by atoms with E-state index < -0.39 is 0 Å². The average Bonchev–Trinajstić information content (AvgIpc) is 3.05. The lowest BCUT2D eigenvalue weighted by molar-refractivity contribution is 0.102. The van der Waals surface area contributed by atoms with Gasteiger partial charge in [-0.15, -0.1) is 0 Å². The summed E-state index contributed by atoms with van der Waals surface area (Å²) in [5, 5.41) is 3.45. The van der Waals surface area contributed by atoms with Crippen molar-refractivity contribution in [3.8, 4) is 11.5 Å². The van der Waals surface area contributed by atoms with Crippen molar-refractivity contribution in [2.45, 2.75) is 0 Å². The highest BCUT2D eigenvalue weighted by Crippen LogP contribution is 2.30. The van der Waals surface area contributed by atoms with Crippen LogP contribution in [0.2, 0.25) is 5.02 Å². The van der Waals surface area contributed by atoms with Gasteiger partial charge in [0.2, 0.25) is 5.89 Å². The molecule has 1 aromatic heterocycles. The van der Waals surface area contributed by atoms with Gasteiger partial charge in [-0.2, -0.15) is 0 Å². The first kappa shape index (κ1) is 16.8. The Bertz CT molecular complexity index is 1120. The monoisotopic (exact) mass is 426 g/mol. The fourth-order valence-corrected chi connectivity index (χ4v) is 3.28. The number of anilines is 1. The first-order chi connectivity index (χ1) is 12.6. The smallest absolute Gasteiger partial charge is 0.256 e. The summed E-state index contributed by atoms with van der Waals surface area (Å²) in [6.45, 7) is 0. The quantitative estimate of drug-likeness (QED) is 0.426. The maximum atomic E-state index is 12.4. The molecule has 4 rings (SSSR count). The van der Waals surface area contributed by atoms with Gasteiger partial charge in [0.05, 0.1) is 16.1 Å². The van der Waals surface area contributed by atoms with Gasteiger partial charge in [-0.05, 0) is 58.4 Å². The zero-order valence-electron chi connectivity index (χ0n) is 13.4. The molecule has 128 valence electrons. The minimum atomic E-state index is -0.202. The molecule has 26 heavy (non-hydrogen) atoms. The number of benzene rings is 3. The molecule has 0 aliphatic heterocycles. The molecule has 0 atom stereocenters. The van der Waals surface area contributed by atoms with Crippen LogP contribution in [0.4, 0.5) is 5.69 Å². The number of carbonyl (C=O) groups excluding carboxylic acids is 1. The molecule has 1 amide bonds. The van der Waals surface area contributed by atoms with E-state index in [1.807, 2.05) is 36.4 Å². The van der Waals surface area contributed by atoms with Gasteiger partial charge >= 0.3 is 0 Å². The number of carbonyl (C=O) groups is 1. The van der Waals surface area contributed by atoms with Gasteiger partial charge in [0.1, 0.15) is 5.52 Å². The Morgan fingerprint density at radius 1 is 1.04 bits per heavy atom. The van der Waals surface area contributed by atoms with Crippen LogP contribution in [0.25, 0.3) is 22.6 Å². The van der Waals surface area contributed by atoms with E-state index in [-0.39, 0.29) is 5.91 Å². The number of fused-ring (bicyclic) bond motifs is 1. The Kier molecular flexibility index (Phi) is 4.49. The molecular weight excluding hydrogens is 416 g/mol. The van der Waals surface area contributed by atoms with Crippen molar-refractivity contribution < 1.29 is 9.21 Å². The molecule has 6 heteroatoms. The molecule has 1 N–H and O–H groups in total. The summed E-state index contributed by atoms with van der Waals surface area (Å²) in [6.07, 6.45) is 0. The van der Waals surface area contributed by atoms with E-state index >= 15 is 0 Å². The van der Waals surface area contributed by atoms with E-state index in [4.69, 9.17) is 16.0 Å². The van der Waals surface area contributed by atoms with Crippen molar-refractivity contribution in [1.29, 1.82) is 0 Å². The van der Waals surface area contributed by atoms with Crippen LogP contribution in [0, 0.1) is 0 Å². The maximum absolute atomic E-state index is 12.4. The second-order valence-electron chi connectivity index (χ2n) is 5.62. The topological polar surface area (TPSA) is 55.1 Å². The molecule has 4 nitrogen and oxygen atoms in total. The number of nitrogens with zero attached hydrogens (tertiary/aromatic N) is 1. The standard InChI is InChI=1S/C20H12BrClN2O2/c21-15-7-3-1-5-13(15)19(25)23-12-9-10-18-17(11-12)24-20(26-18)14-6-2-4-8-16(14)22/h1-11H,(H,23,25). The van der Waals surface area contributed by atoms with Gasteiger partial charge in [0.15, 0.2) is 5.58 Å². The Morgan fingerprint density at radius 3 is 2.62 bits per heavy atom. The van der Waals surface area contributed by atoms with E-state index in [1.165, 1.54) is 0 Å². The summed E-state index contributed by atoms with van der Waals surface area (Å²) in [7, 11) is 0. The number of oxazole rings is 1. The lowest BCUT2D eigenvalue weighted by Crippen LogP contribution is -2.12. The minimum absolute atomic E-state index is 0.202. The molecule has 0 aliphatic carbocycles. The molecule has 0 saturated carbocycles. The highest BCUT2D eigenvalue weighted by Gasteiger charge is 2.13. The summed E-state index contributed by atoms with van der Waals surface area (Å²) >= 11 is 9.59. The summed E-state index contributed by atoms with van der Waals surface area (Å²) < 4.78 is 6.52. The van der Waals surface area contributed by atoms with Gasteiger partial charge in [-0.3, -0.25) is 4.79 Å². The second-order valence-corrected chi connectivity index (χ2v) is 6.88. The maximum Gasteiger partial charge on any atom is 0.256 e. The first-order valence-corrected chi connectivity index (χ1v) is 9.00. The molecule has 0 unspecified atom stereocenters. The highest BCUT2D eigenvalue weighted by atomic mass is 79.9. The number of aromatic nitrogens is 1. The van der Waals surface area contributed by atoms with Gasteiger partial charge in [0, 0.05) is 10.2 Å². The fraction of sp³-hybridized carbons (Fsp3) is 0. The zero-order chi connectivity index (χ0) is 18.1. The average molecular weight is 428 g/mol. The third kappa shape index (κ3) is 3.23. The van der Waals surface area contributed by atoms with Crippen LogP contribution >= 0.6 is 27.5 Å². The minimum Gasteiger partial charge on any atom is -0.436 e. The largest absolute Gasteiger partial charge is 0.436 e. The zero-order valence-corrected chi connectivity index (χ0v) is 15.7. The van der Waals surface area contributed by atoms with Gasteiger partial charge in [-0.1, -0.05) is 35.9 Å². The molecular formula is C20H12BrClN2O2. The predicted molar refractivity (Wildman–Crippen MR) is 107 cm³/mol. The number of amides is 1. The van der Waals surface area contributed by atoms with Crippen LogP contribution in [-0.2, 0) is 0 Å². The van der Waals surface area contributed by atoms with Crippen LogP contribution in [0.1, 0.15) is 10.4 Å². The highest BCUT2D eigenvalue weighted by molar-refractivity contribution is 9.10. The number of hydrogen-bond donors (Lipinski definition) is 1. The van der Waals surface area contributed by atoms with Crippen LogP contribution < -0.4 is 5.32 Å². The number of nitrogens with one attached hydrogen (secondary N) is 1. The van der Waals surface area contributed by atoms with Gasteiger partial charge in [0.25, 0.3) is 5.91 Å². The second kappa shape index (κ2) is 6.94. The summed E-state index contributed by atoms with van der Waals surface area (Å²) in [6, 6.07) is 19.9. The Hall–Kier alpha value is -2.63. The summed E-state index contributed by atoms with van der Waals surface area (Å²) in [5.74, 6) is 0.242. The lowest BCUT2D eigenvalue weighted by atomic mass is 10.2. The Morgan fingerprint density at radius 2 is 1.81 bits per heavy atom. The molecule has 0 spiro atoms. The summed E-state index contributed by atoms with van der Waals surface area (Å²) in [4.78, 5) is 16.9. The molecule has 0 saturated heterocycles. The predicted octanol–water partition coefficient (Wildman–Crippen LogP) is 6.16. The molecule has 0 fully saturated rings. The number of halogens is 2. The van der Waals surface area contributed by atoms with Crippen molar-refractivity contribution in [3.05, 3.63) is 81.8 Å². The third-order valence-corrected chi connectivity index (χ3v) is 4.89. The molecule has 0 radical (unpaired) electrons. The molecule has 0 aliphatic rings. The van der Waals surface area contributed by atoms with E-state index in [1.54, 1.807) is 30.3 Å². The van der Waals surface area contributed by atoms with Gasteiger partial charge < -0.3 is 9.73 Å². The fourth-order valence-electron chi connectivity index (χ4n) is 2.60. The molecule has 0 bridgehead atoms. The van der Waals surface area contributed by atoms with Crippen LogP contribution in [0.15, 0.2) is 75.6 Å². The van der Waals surface area contributed by atoms with E-state index in [2.05, 4.69) is 26.2 Å². The van der Waals surface area contributed by atoms with Crippen LogP contribution in [0.3, 0.4) is 0 Å². The van der Waals surface area contributed by atoms with Crippen molar-refractivity contribution in [3.63, 3.8) is 0 Å². The lowest BCUT2D eigenvalue weighted by Gasteiger charge is -2.06. The first-order valence-electron chi connectivity index (χ1n) is 7.83. The Labute approximate surface area is 162 Å². The van der Waals surface area contributed by atoms with Crippen LogP contribution in [0.5, 0.6) is 0 Å². The van der Waals surface area contributed by atoms with Crippen LogP contribution in [-0.4, -0.2) is 10.9 Å². The SMILES string of the molecule is O=C(Nc1ccc2oc(-c3ccccc3Cl)nc2c1)c1ccccc1Br. The van der Waals surface area contributed by atoms with Crippen molar-refractivity contribution in [1.82, 2.24) is 4.98 Å². The van der Waals surface area contributed by atoms with Crippen molar-refractivity contribution in [2.24, 2.45) is 0 Å². The molecule has 3 aromatic carbocycles. The normalized spacial score (nSPS) is 10.8. The summed E-state index contributed by atoms with van der Waals surface area (Å²) in [5.41, 5.74) is 3.19. The third-order valence-electron chi connectivity index (χ3n) is 3.87. The number of rotatable bonds is 3. The van der Waals surface area contributed by atoms with E-state index in [0.29, 0.717) is 33.3 Å². The van der Waals surface area contributed by atoms with Crippen molar-refractivity contribution >= 4 is 50.2 Å². The van der Waals surface area contributed by atoms with Crippen molar-refractivity contribution in [2.75, 3.05) is 5.32 Å². The van der Waals surface area contributed by atoms with Gasteiger partial charge in [-0.25, -0.2) is 4.98 Å². The van der Waals surface area contributed by atoms with E-state index in [9.17, 15) is 4.79 Å². The molecule has 1 heterocycles.